The minimum atomic E-state index is -0.0727. The van der Waals surface area contributed by atoms with E-state index >= 15 is 0 Å². The standard InChI is InChI=1S/C26H44O.2CH4/c1-18(2)7-5-6-8-19-10-12-23-22-11-9-20-17-21(27)13-15-26(20,4)24(22)14-16-25(19,23)3;;/h9,18-19,21-24,27H,5-8,10-17H2,1-4H3;2*1H4. The lowest BCUT2D eigenvalue weighted by Gasteiger charge is -2.58. The van der Waals surface area contributed by atoms with Crippen molar-refractivity contribution in [2.24, 2.45) is 40.4 Å². The number of fused-ring (bicyclic) bond motifs is 5. The van der Waals surface area contributed by atoms with Gasteiger partial charge in [-0.15, -0.1) is 0 Å². The zero-order valence-electron chi connectivity index (χ0n) is 18.5. The fraction of sp³-hybridized carbons (Fsp3) is 0.929. The van der Waals surface area contributed by atoms with Crippen LogP contribution in [0.25, 0.3) is 0 Å². The smallest absolute Gasteiger partial charge is 0.0577 e. The molecule has 4 aliphatic carbocycles. The third-order valence-corrected chi connectivity index (χ3v) is 9.86. The molecule has 0 aromatic carbocycles. The maximum Gasteiger partial charge on any atom is 0.0577 e. The van der Waals surface area contributed by atoms with E-state index in [9.17, 15) is 5.11 Å². The third kappa shape index (κ3) is 4.37. The van der Waals surface area contributed by atoms with Gasteiger partial charge in [0.05, 0.1) is 6.10 Å². The minimum absolute atomic E-state index is 0. The maximum atomic E-state index is 10.2. The van der Waals surface area contributed by atoms with Crippen LogP contribution in [0.2, 0.25) is 0 Å². The van der Waals surface area contributed by atoms with E-state index in [0.717, 1.165) is 42.4 Å². The van der Waals surface area contributed by atoms with E-state index in [2.05, 4.69) is 33.8 Å². The highest BCUT2D eigenvalue weighted by Gasteiger charge is 2.58. The van der Waals surface area contributed by atoms with E-state index in [-0.39, 0.29) is 21.0 Å². The van der Waals surface area contributed by atoms with Crippen LogP contribution in [-0.4, -0.2) is 11.2 Å². The van der Waals surface area contributed by atoms with E-state index in [0.29, 0.717) is 10.8 Å². The van der Waals surface area contributed by atoms with Gasteiger partial charge in [-0.2, -0.15) is 0 Å². The molecule has 3 fully saturated rings. The van der Waals surface area contributed by atoms with Crippen LogP contribution in [-0.2, 0) is 0 Å². The molecule has 1 nitrogen and oxygen atoms in total. The molecule has 29 heavy (non-hydrogen) atoms. The zero-order valence-corrected chi connectivity index (χ0v) is 18.5. The summed E-state index contributed by atoms with van der Waals surface area (Å²) >= 11 is 0. The molecule has 7 unspecified atom stereocenters. The molecular weight excluding hydrogens is 352 g/mol. The molecule has 0 saturated heterocycles. The van der Waals surface area contributed by atoms with Gasteiger partial charge in [0.2, 0.25) is 0 Å². The summed E-state index contributed by atoms with van der Waals surface area (Å²) in [6, 6.07) is 0. The summed E-state index contributed by atoms with van der Waals surface area (Å²) in [6.45, 7) is 9.97. The van der Waals surface area contributed by atoms with Gasteiger partial charge in [-0.25, -0.2) is 0 Å². The third-order valence-electron chi connectivity index (χ3n) is 9.86. The molecule has 0 aromatic heterocycles. The van der Waals surface area contributed by atoms with Crippen molar-refractivity contribution in [1.29, 1.82) is 0 Å². The Morgan fingerprint density at radius 1 is 1.00 bits per heavy atom. The Bertz CT molecular complexity index is 563. The molecule has 1 N–H and O–H groups in total. The second-order valence-electron chi connectivity index (χ2n) is 11.7. The molecule has 1 heteroatoms. The molecule has 170 valence electrons. The van der Waals surface area contributed by atoms with E-state index in [4.69, 9.17) is 0 Å². The summed E-state index contributed by atoms with van der Waals surface area (Å²) in [7, 11) is 0. The van der Waals surface area contributed by atoms with Gasteiger partial charge in [-0.3, -0.25) is 0 Å². The molecule has 7 atom stereocenters. The monoisotopic (exact) mass is 404 g/mol. The average molecular weight is 405 g/mol. The molecule has 0 bridgehead atoms. The summed E-state index contributed by atoms with van der Waals surface area (Å²) < 4.78 is 0. The Morgan fingerprint density at radius 2 is 1.76 bits per heavy atom. The Balaban J connectivity index is 0.00000150. The Labute approximate surface area is 183 Å². The molecule has 4 aliphatic rings. The van der Waals surface area contributed by atoms with E-state index < -0.39 is 0 Å². The highest BCUT2D eigenvalue weighted by Crippen LogP contribution is 2.66. The van der Waals surface area contributed by atoms with Crippen molar-refractivity contribution in [2.45, 2.75) is 126 Å². The van der Waals surface area contributed by atoms with Gasteiger partial charge < -0.3 is 5.11 Å². The van der Waals surface area contributed by atoms with Crippen molar-refractivity contribution in [1.82, 2.24) is 0 Å². The normalized spacial score (nSPS) is 43.4. The highest BCUT2D eigenvalue weighted by atomic mass is 16.3. The van der Waals surface area contributed by atoms with Crippen LogP contribution in [0.15, 0.2) is 11.6 Å². The zero-order chi connectivity index (χ0) is 19.2. The SMILES string of the molecule is C.C.CC(C)CCCCC1CCC2C3CC=C4CC(O)CCC4(C)C3CCC12C. The van der Waals surface area contributed by atoms with Gasteiger partial charge in [0.25, 0.3) is 0 Å². The minimum Gasteiger partial charge on any atom is -0.393 e. The molecule has 4 rings (SSSR count). The van der Waals surface area contributed by atoms with E-state index in [1.54, 1.807) is 5.57 Å². The van der Waals surface area contributed by atoms with E-state index in [1.165, 1.54) is 64.2 Å². The van der Waals surface area contributed by atoms with Gasteiger partial charge >= 0.3 is 0 Å². The molecule has 0 heterocycles. The van der Waals surface area contributed by atoms with Crippen LogP contribution in [0.1, 0.15) is 120 Å². The summed E-state index contributed by atoms with van der Waals surface area (Å²) in [5.41, 5.74) is 2.64. The summed E-state index contributed by atoms with van der Waals surface area (Å²) in [5.74, 6) is 4.64. The largest absolute Gasteiger partial charge is 0.393 e. The first-order chi connectivity index (χ1) is 12.8. The van der Waals surface area contributed by atoms with Crippen LogP contribution in [0.3, 0.4) is 0 Å². The molecular formula is C28H52O. The number of hydrogen-bond acceptors (Lipinski definition) is 1. The van der Waals surface area contributed by atoms with Crippen LogP contribution >= 0.6 is 0 Å². The first-order valence-corrected chi connectivity index (χ1v) is 12.2. The van der Waals surface area contributed by atoms with Crippen molar-refractivity contribution in [3.05, 3.63) is 11.6 Å². The van der Waals surface area contributed by atoms with Crippen molar-refractivity contribution in [3.8, 4) is 0 Å². The second-order valence-corrected chi connectivity index (χ2v) is 11.7. The topological polar surface area (TPSA) is 20.2 Å². The van der Waals surface area contributed by atoms with E-state index in [1.807, 2.05) is 0 Å². The van der Waals surface area contributed by atoms with Crippen molar-refractivity contribution in [2.75, 3.05) is 0 Å². The first-order valence-electron chi connectivity index (χ1n) is 12.2. The first kappa shape index (κ1) is 25.0. The Morgan fingerprint density at radius 3 is 2.48 bits per heavy atom. The number of rotatable bonds is 5. The van der Waals surface area contributed by atoms with Crippen LogP contribution in [0.4, 0.5) is 0 Å². The van der Waals surface area contributed by atoms with Gasteiger partial charge in [0.1, 0.15) is 0 Å². The number of aliphatic hydroxyl groups excluding tert-OH is 1. The van der Waals surface area contributed by atoms with Crippen LogP contribution < -0.4 is 0 Å². The van der Waals surface area contributed by atoms with Crippen LogP contribution in [0.5, 0.6) is 0 Å². The van der Waals surface area contributed by atoms with Crippen molar-refractivity contribution in [3.63, 3.8) is 0 Å². The second kappa shape index (κ2) is 9.46. The molecule has 0 radical (unpaired) electrons. The van der Waals surface area contributed by atoms with Gasteiger partial charge in [0.15, 0.2) is 0 Å². The number of aliphatic hydroxyl groups is 1. The maximum absolute atomic E-state index is 10.2. The lowest BCUT2D eigenvalue weighted by molar-refractivity contribution is -0.0508. The number of unbranched alkanes of at least 4 members (excludes halogenated alkanes) is 1. The molecule has 0 amide bonds. The summed E-state index contributed by atoms with van der Waals surface area (Å²) in [4.78, 5) is 0. The van der Waals surface area contributed by atoms with Gasteiger partial charge in [-0.05, 0) is 98.2 Å². The average Bonchev–Trinajstić information content (AvgIpc) is 2.96. The van der Waals surface area contributed by atoms with Crippen molar-refractivity contribution >= 4 is 0 Å². The van der Waals surface area contributed by atoms with Crippen LogP contribution in [0, 0.1) is 40.4 Å². The quantitative estimate of drug-likeness (QED) is 0.360. The van der Waals surface area contributed by atoms with Gasteiger partial charge in [0, 0.05) is 0 Å². The Hall–Kier alpha value is -0.300. The van der Waals surface area contributed by atoms with Crippen molar-refractivity contribution < 1.29 is 5.11 Å². The predicted octanol–water partition coefficient (Wildman–Crippen LogP) is 8.41. The predicted molar refractivity (Wildman–Crippen MR) is 128 cm³/mol. The summed E-state index contributed by atoms with van der Waals surface area (Å²) in [5, 5.41) is 10.2. The molecule has 0 aliphatic heterocycles. The Kier molecular flexibility index (Phi) is 8.14. The fourth-order valence-corrected chi connectivity index (χ4v) is 8.17. The lowest BCUT2D eigenvalue weighted by atomic mass is 9.47. The molecule has 3 saturated carbocycles. The van der Waals surface area contributed by atoms with Gasteiger partial charge in [-0.1, -0.05) is 73.5 Å². The highest BCUT2D eigenvalue weighted by molar-refractivity contribution is 5.25. The lowest BCUT2D eigenvalue weighted by Crippen LogP contribution is -2.50. The summed E-state index contributed by atoms with van der Waals surface area (Å²) in [6.07, 6.45) is 18.7. The fourth-order valence-electron chi connectivity index (χ4n) is 8.17. The molecule has 0 spiro atoms. The number of allylic oxidation sites excluding steroid dienone is 1. The molecule has 0 aromatic rings. The number of hydrogen-bond donors (Lipinski definition) is 1.